The van der Waals surface area contributed by atoms with Gasteiger partial charge < -0.3 is 15.5 Å². The topological polar surface area (TPSA) is 66.6 Å². The molecule has 0 aromatic heterocycles. The maximum Gasteiger partial charge on any atom is 0.253 e. The Morgan fingerprint density at radius 1 is 1.07 bits per heavy atom. The summed E-state index contributed by atoms with van der Waals surface area (Å²) in [4.78, 5) is 29.6. The molecule has 2 fully saturated rings. The second-order valence-corrected chi connectivity index (χ2v) is 8.60. The van der Waals surface area contributed by atoms with E-state index in [9.17, 15) is 9.59 Å². The first-order valence-corrected chi connectivity index (χ1v) is 9.68. The lowest BCUT2D eigenvalue weighted by atomic mass is 9.79. The third-order valence-corrected chi connectivity index (χ3v) is 5.98. The summed E-state index contributed by atoms with van der Waals surface area (Å²) in [6.45, 7) is 8.95. The van der Waals surface area contributed by atoms with Gasteiger partial charge in [0.25, 0.3) is 5.91 Å². The molecule has 5 nitrogen and oxygen atoms in total. The fourth-order valence-corrected chi connectivity index (χ4v) is 4.06. The average Bonchev–Trinajstić information content (AvgIpc) is 2.63. The Balaban J connectivity index is 0.00000261. The van der Waals surface area contributed by atoms with Crippen LogP contribution < -0.4 is 5.73 Å². The van der Waals surface area contributed by atoms with Crippen LogP contribution in [-0.2, 0) is 4.79 Å². The molecule has 2 amide bonds. The first-order valence-electron chi connectivity index (χ1n) is 9.68. The Labute approximate surface area is 168 Å². The molecule has 1 aromatic carbocycles. The maximum atomic E-state index is 13.0. The Bertz CT molecular complexity index is 675. The van der Waals surface area contributed by atoms with Gasteiger partial charge in [-0.2, -0.15) is 0 Å². The van der Waals surface area contributed by atoms with Crippen molar-refractivity contribution in [1.82, 2.24) is 9.80 Å². The molecule has 6 heteroatoms. The number of benzene rings is 1. The van der Waals surface area contributed by atoms with Gasteiger partial charge in [-0.3, -0.25) is 9.59 Å². The smallest absolute Gasteiger partial charge is 0.253 e. The molecular weight excluding hydrogens is 362 g/mol. The van der Waals surface area contributed by atoms with Crippen molar-refractivity contribution >= 4 is 24.2 Å². The zero-order valence-electron chi connectivity index (χ0n) is 16.6. The number of halogens is 1. The number of rotatable bonds is 2. The van der Waals surface area contributed by atoms with Crippen molar-refractivity contribution in [1.29, 1.82) is 0 Å². The molecule has 150 valence electrons. The number of nitrogens with zero attached hydrogens (tertiary/aromatic N) is 2. The molecule has 0 aliphatic carbocycles. The lowest BCUT2D eigenvalue weighted by molar-refractivity contribution is -0.140. The largest absolute Gasteiger partial charge is 0.342 e. The predicted molar refractivity (Wildman–Crippen MR) is 110 cm³/mol. The van der Waals surface area contributed by atoms with Crippen LogP contribution in [0.3, 0.4) is 0 Å². The summed E-state index contributed by atoms with van der Waals surface area (Å²) in [5, 5.41) is 0. The molecule has 1 aromatic rings. The molecule has 2 unspecified atom stereocenters. The lowest BCUT2D eigenvalue weighted by Crippen LogP contribution is -2.56. The first kappa shape index (κ1) is 21.7. The van der Waals surface area contributed by atoms with E-state index in [1.165, 1.54) is 0 Å². The van der Waals surface area contributed by atoms with Crippen molar-refractivity contribution in [3.05, 3.63) is 35.4 Å². The minimum absolute atomic E-state index is 0. The number of hydrogen-bond donors (Lipinski definition) is 1. The Morgan fingerprint density at radius 2 is 1.74 bits per heavy atom. The van der Waals surface area contributed by atoms with Gasteiger partial charge in [0.15, 0.2) is 0 Å². The zero-order valence-corrected chi connectivity index (χ0v) is 17.4. The second kappa shape index (κ2) is 8.61. The number of amides is 2. The van der Waals surface area contributed by atoms with Crippen LogP contribution in [-0.4, -0.2) is 53.8 Å². The Hall–Kier alpha value is -1.59. The van der Waals surface area contributed by atoms with E-state index >= 15 is 0 Å². The number of carbonyl (C=O) groups excluding carboxylic acids is 2. The summed E-state index contributed by atoms with van der Waals surface area (Å²) < 4.78 is 0. The van der Waals surface area contributed by atoms with Crippen molar-refractivity contribution in [2.75, 3.05) is 26.2 Å². The highest BCUT2D eigenvalue weighted by Crippen LogP contribution is 2.30. The fraction of sp³-hybridized carbons (Fsp3) is 0.619. The molecule has 2 saturated heterocycles. The van der Waals surface area contributed by atoms with Crippen LogP contribution >= 0.6 is 12.4 Å². The van der Waals surface area contributed by atoms with Gasteiger partial charge in [0.05, 0.1) is 5.92 Å². The van der Waals surface area contributed by atoms with Crippen molar-refractivity contribution in [2.24, 2.45) is 17.1 Å². The SMILES string of the molecule is Cc1ccc(C(=O)N2CCCC(C(=O)N3CCC(N)C(C)(C)C3)C2)cc1.Cl. The monoisotopic (exact) mass is 393 g/mol. The van der Waals surface area contributed by atoms with Crippen LogP contribution in [0.4, 0.5) is 0 Å². The van der Waals surface area contributed by atoms with Gasteiger partial charge in [-0.05, 0) is 43.7 Å². The van der Waals surface area contributed by atoms with E-state index in [1.807, 2.05) is 41.0 Å². The summed E-state index contributed by atoms with van der Waals surface area (Å²) in [6, 6.07) is 7.80. The summed E-state index contributed by atoms with van der Waals surface area (Å²) in [7, 11) is 0. The number of hydrogen-bond acceptors (Lipinski definition) is 3. The van der Waals surface area contributed by atoms with Gasteiger partial charge in [0, 0.05) is 37.8 Å². The highest BCUT2D eigenvalue weighted by Gasteiger charge is 2.38. The Kier molecular flexibility index (Phi) is 6.92. The molecule has 27 heavy (non-hydrogen) atoms. The molecule has 2 aliphatic rings. The number of nitrogens with two attached hydrogens (primary N) is 1. The quantitative estimate of drug-likeness (QED) is 0.840. The molecule has 0 radical (unpaired) electrons. The zero-order chi connectivity index (χ0) is 18.9. The molecule has 2 atom stereocenters. The van der Waals surface area contributed by atoms with Crippen molar-refractivity contribution in [3.8, 4) is 0 Å². The van der Waals surface area contributed by atoms with Gasteiger partial charge in [-0.25, -0.2) is 0 Å². The van der Waals surface area contributed by atoms with Crippen LogP contribution in [0.2, 0.25) is 0 Å². The summed E-state index contributed by atoms with van der Waals surface area (Å²) in [5.74, 6) is 0.123. The van der Waals surface area contributed by atoms with Crippen molar-refractivity contribution in [3.63, 3.8) is 0 Å². The molecule has 0 bridgehead atoms. The highest BCUT2D eigenvalue weighted by molar-refractivity contribution is 5.94. The maximum absolute atomic E-state index is 13.0. The Morgan fingerprint density at radius 3 is 2.37 bits per heavy atom. The number of piperidine rings is 2. The molecule has 2 N–H and O–H groups in total. The van der Waals surface area contributed by atoms with Gasteiger partial charge >= 0.3 is 0 Å². The summed E-state index contributed by atoms with van der Waals surface area (Å²) >= 11 is 0. The van der Waals surface area contributed by atoms with Crippen LogP contribution in [0.5, 0.6) is 0 Å². The standard InChI is InChI=1S/C21H31N3O2.ClH/c1-15-6-8-16(9-7-15)19(25)23-11-4-5-17(13-23)20(26)24-12-10-18(22)21(2,3)14-24;/h6-9,17-18H,4-5,10-14,22H2,1-3H3;1H. The average molecular weight is 394 g/mol. The van der Waals surface area contributed by atoms with E-state index in [0.29, 0.717) is 18.7 Å². The van der Waals surface area contributed by atoms with Crippen LogP contribution in [0.15, 0.2) is 24.3 Å². The predicted octanol–water partition coefficient (Wildman–Crippen LogP) is 2.85. The minimum Gasteiger partial charge on any atom is -0.342 e. The molecule has 2 heterocycles. The number of aryl methyl sites for hydroxylation is 1. The van der Waals surface area contributed by atoms with Crippen molar-refractivity contribution in [2.45, 2.75) is 46.1 Å². The van der Waals surface area contributed by atoms with Gasteiger partial charge in [0.2, 0.25) is 5.91 Å². The summed E-state index contributed by atoms with van der Waals surface area (Å²) in [6.07, 6.45) is 2.59. The van der Waals surface area contributed by atoms with E-state index < -0.39 is 0 Å². The van der Waals surface area contributed by atoms with Gasteiger partial charge in [-0.1, -0.05) is 31.5 Å². The van der Waals surface area contributed by atoms with E-state index in [1.54, 1.807) is 0 Å². The number of carbonyl (C=O) groups is 2. The van der Waals surface area contributed by atoms with Crippen LogP contribution in [0.25, 0.3) is 0 Å². The molecule has 0 saturated carbocycles. The van der Waals surface area contributed by atoms with E-state index in [4.69, 9.17) is 5.73 Å². The second-order valence-electron chi connectivity index (χ2n) is 8.60. The van der Waals surface area contributed by atoms with Crippen LogP contribution in [0.1, 0.15) is 49.0 Å². The third-order valence-electron chi connectivity index (χ3n) is 5.98. The van der Waals surface area contributed by atoms with Crippen molar-refractivity contribution < 1.29 is 9.59 Å². The number of likely N-dealkylation sites (tertiary alicyclic amines) is 2. The fourth-order valence-electron chi connectivity index (χ4n) is 4.06. The first-order chi connectivity index (χ1) is 12.3. The molecule has 2 aliphatic heterocycles. The minimum atomic E-state index is -0.0942. The molecular formula is C21H32ClN3O2. The summed E-state index contributed by atoms with van der Waals surface area (Å²) in [5.41, 5.74) is 7.98. The lowest BCUT2D eigenvalue weighted by Gasteiger charge is -2.44. The normalized spacial score (nSPS) is 24.9. The van der Waals surface area contributed by atoms with E-state index in [-0.39, 0.29) is 41.6 Å². The molecule has 0 spiro atoms. The highest BCUT2D eigenvalue weighted by atomic mass is 35.5. The van der Waals surface area contributed by atoms with Gasteiger partial charge in [-0.15, -0.1) is 12.4 Å². The molecule has 3 rings (SSSR count). The van der Waals surface area contributed by atoms with Gasteiger partial charge in [0.1, 0.15) is 0 Å². The van der Waals surface area contributed by atoms with E-state index in [0.717, 1.165) is 37.9 Å². The van der Waals surface area contributed by atoms with Crippen LogP contribution in [0, 0.1) is 18.3 Å². The third kappa shape index (κ3) is 4.82. The van der Waals surface area contributed by atoms with E-state index in [2.05, 4.69) is 13.8 Å².